The first kappa shape index (κ1) is 15.2. The highest BCUT2D eigenvalue weighted by atomic mass is 32.2. The van der Waals surface area contributed by atoms with E-state index in [1.54, 1.807) is 23.0 Å². The molecule has 22 heavy (non-hydrogen) atoms. The molecule has 1 saturated carbocycles. The molecule has 0 bridgehead atoms. The van der Waals surface area contributed by atoms with Crippen molar-refractivity contribution in [1.29, 1.82) is 0 Å². The average molecular weight is 323 g/mol. The third-order valence-electron chi connectivity index (χ3n) is 4.21. The monoisotopic (exact) mass is 323 g/mol. The molecule has 1 N–H and O–H groups in total. The first-order chi connectivity index (χ1) is 10.4. The standard InChI is InChI=1S/C15H18FN3O2S/c1-10-12(8-17-19(10)2)9-18-22(20,21)15-7-14(15)11-4-3-5-13(16)6-11/h3-6,8,14-15,18H,7,9H2,1-2H3. The summed E-state index contributed by atoms with van der Waals surface area (Å²) in [5.41, 5.74) is 2.53. The lowest BCUT2D eigenvalue weighted by atomic mass is 10.1. The number of nitrogens with zero attached hydrogens (tertiary/aromatic N) is 2. The van der Waals surface area contributed by atoms with Crippen molar-refractivity contribution < 1.29 is 12.8 Å². The molecule has 3 rings (SSSR count). The van der Waals surface area contributed by atoms with Gasteiger partial charge in [0.05, 0.1) is 11.4 Å². The normalized spacial score (nSPS) is 21.0. The molecule has 1 heterocycles. The number of rotatable bonds is 5. The lowest BCUT2D eigenvalue weighted by Gasteiger charge is -2.06. The predicted octanol–water partition coefficient (Wildman–Crippen LogP) is 1.84. The summed E-state index contributed by atoms with van der Waals surface area (Å²) in [6.45, 7) is 2.12. The number of halogens is 1. The molecule has 2 aromatic rings. The quantitative estimate of drug-likeness (QED) is 0.913. The zero-order chi connectivity index (χ0) is 15.9. The van der Waals surface area contributed by atoms with Gasteiger partial charge in [0, 0.05) is 30.8 Å². The molecule has 0 saturated heterocycles. The maximum Gasteiger partial charge on any atom is 0.215 e. The molecule has 0 radical (unpaired) electrons. The Morgan fingerprint density at radius 3 is 2.86 bits per heavy atom. The summed E-state index contributed by atoms with van der Waals surface area (Å²) in [5.74, 6) is -0.456. The lowest BCUT2D eigenvalue weighted by Crippen LogP contribution is -2.27. The van der Waals surface area contributed by atoms with Gasteiger partial charge in [0.15, 0.2) is 0 Å². The fraction of sp³-hybridized carbons (Fsp3) is 0.400. The van der Waals surface area contributed by atoms with Crippen LogP contribution in [0.2, 0.25) is 0 Å². The van der Waals surface area contributed by atoms with E-state index in [9.17, 15) is 12.8 Å². The Morgan fingerprint density at radius 1 is 1.45 bits per heavy atom. The molecule has 0 aliphatic heterocycles. The van der Waals surface area contributed by atoms with Crippen molar-refractivity contribution in [1.82, 2.24) is 14.5 Å². The van der Waals surface area contributed by atoms with E-state index >= 15 is 0 Å². The topological polar surface area (TPSA) is 64.0 Å². The van der Waals surface area contributed by atoms with E-state index in [0.717, 1.165) is 16.8 Å². The summed E-state index contributed by atoms with van der Waals surface area (Å²) in [7, 11) is -1.60. The molecule has 1 aromatic carbocycles. The molecular formula is C15H18FN3O2S. The SMILES string of the molecule is Cc1c(CNS(=O)(=O)C2CC2c2cccc(F)c2)cnn1C. The molecule has 118 valence electrons. The second kappa shape index (κ2) is 5.48. The highest BCUT2D eigenvalue weighted by Crippen LogP contribution is 2.45. The minimum atomic E-state index is -3.41. The van der Waals surface area contributed by atoms with E-state index in [2.05, 4.69) is 9.82 Å². The van der Waals surface area contributed by atoms with Crippen LogP contribution < -0.4 is 4.72 Å². The fourth-order valence-electron chi connectivity index (χ4n) is 2.61. The van der Waals surface area contributed by atoms with Crippen LogP contribution in [0.15, 0.2) is 30.5 Å². The minimum Gasteiger partial charge on any atom is -0.273 e. The van der Waals surface area contributed by atoms with Gasteiger partial charge in [-0.25, -0.2) is 17.5 Å². The van der Waals surface area contributed by atoms with Gasteiger partial charge in [0.25, 0.3) is 0 Å². The van der Waals surface area contributed by atoms with Crippen LogP contribution in [0.5, 0.6) is 0 Å². The largest absolute Gasteiger partial charge is 0.273 e. The molecule has 1 aliphatic rings. The van der Waals surface area contributed by atoms with Crippen LogP contribution in [0.3, 0.4) is 0 Å². The first-order valence-corrected chi connectivity index (χ1v) is 8.64. The predicted molar refractivity (Wildman–Crippen MR) is 81.3 cm³/mol. The van der Waals surface area contributed by atoms with Gasteiger partial charge in [-0.2, -0.15) is 5.10 Å². The van der Waals surface area contributed by atoms with E-state index in [4.69, 9.17) is 0 Å². The zero-order valence-electron chi connectivity index (χ0n) is 12.5. The summed E-state index contributed by atoms with van der Waals surface area (Å²) in [6, 6.07) is 6.15. The van der Waals surface area contributed by atoms with Crippen LogP contribution in [-0.2, 0) is 23.6 Å². The summed E-state index contributed by atoms with van der Waals surface area (Å²) < 4.78 is 42.2. The van der Waals surface area contributed by atoms with Crippen LogP contribution in [-0.4, -0.2) is 23.4 Å². The highest BCUT2D eigenvalue weighted by molar-refractivity contribution is 7.90. The maximum atomic E-state index is 13.2. The molecular weight excluding hydrogens is 305 g/mol. The Kier molecular flexibility index (Phi) is 3.78. The number of nitrogens with one attached hydrogen (secondary N) is 1. The van der Waals surface area contributed by atoms with Crippen molar-refractivity contribution in [3.63, 3.8) is 0 Å². The van der Waals surface area contributed by atoms with E-state index in [1.165, 1.54) is 12.1 Å². The number of hydrogen-bond donors (Lipinski definition) is 1. The molecule has 1 fully saturated rings. The smallest absolute Gasteiger partial charge is 0.215 e. The number of aryl methyl sites for hydroxylation is 1. The van der Waals surface area contributed by atoms with Gasteiger partial charge in [-0.3, -0.25) is 4.68 Å². The number of aromatic nitrogens is 2. The molecule has 1 aromatic heterocycles. The van der Waals surface area contributed by atoms with E-state index in [-0.39, 0.29) is 18.3 Å². The summed E-state index contributed by atoms with van der Waals surface area (Å²) in [5, 5.41) is 3.61. The highest BCUT2D eigenvalue weighted by Gasteiger charge is 2.48. The molecule has 2 unspecified atom stereocenters. The number of benzene rings is 1. The first-order valence-electron chi connectivity index (χ1n) is 7.10. The van der Waals surface area contributed by atoms with Crippen molar-refractivity contribution in [2.24, 2.45) is 7.05 Å². The molecule has 0 amide bonds. The van der Waals surface area contributed by atoms with Crippen LogP contribution in [0.25, 0.3) is 0 Å². The van der Waals surface area contributed by atoms with Gasteiger partial charge in [0.2, 0.25) is 10.0 Å². The van der Waals surface area contributed by atoms with Gasteiger partial charge in [-0.15, -0.1) is 0 Å². The van der Waals surface area contributed by atoms with E-state index in [1.807, 2.05) is 14.0 Å². The van der Waals surface area contributed by atoms with E-state index in [0.29, 0.717) is 6.42 Å². The van der Waals surface area contributed by atoms with Gasteiger partial charge in [-0.1, -0.05) is 12.1 Å². The van der Waals surface area contributed by atoms with E-state index < -0.39 is 15.3 Å². The minimum absolute atomic E-state index is 0.122. The lowest BCUT2D eigenvalue weighted by molar-refractivity contribution is 0.578. The van der Waals surface area contributed by atoms with Crippen molar-refractivity contribution in [2.75, 3.05) is 0 Å². The third kappa shape index (κ3) is 2.91. The summed E-state index contributed by atoms with van der Waals surface area (Å²) in [4.78, 5) is 0. The number of sulfonamides is 1. The van der Waals surface area contributed by atoms with Gasteiger partial charge in [-0.05, 0) is 31.0 Å². The second-order valence-electron chi connectivity index (χ2n) is 5.68. The summed E-state index contributed by atoms with van der Waals surface area (Å²) in [6.07, 6.45) is 2.19. The van der Waals surface area contributed by atoms with Gasteiger partial charge < -0.3 is 0 Å². The Balaban J connectivity index is 1.66. The van der Waals surface area contributed by atoms with Crippen molar-refractivity contribution in [3.05, 3.63) is 53.1 Å². The zero-order valence-corrected chi connectivity index (χ0v) is 13.3. The molecule has 1 aliphatic carbocycles. The van der Waals surface area contributed by atoms with Crippen molar-refractivity contribution >= 4 is 10.0 Å². The van der Waals surface area contributed by atoms with Crippen molar-refractivity contribution in [2.45, 2.75) is 31.1 Å². The molecule has 0 spiro atoms. The second-order valence-corrected chi connectivity index (χ2v) is 7.66. The Morgan fingerprint density at radius 2 is 2.23 bits per heavy atom. The van der Waals surface area contributed by atoms with Gasteiger partial charge >= 0.3 is 0 Å². The van der Waals surface area contributed by atoms with Crippen molar-refractivity contribution in [3.8, 4) is 0 Å². The van der Waals surface area contributed by atoms with Gasteiger partial charge in [0.1, 0.15) is 5.82 Å². The summed E-state index contributed by atoms with van der Waals surface area (Å²) >= 11 is 0. The molecule has 7 heteroatoms. The Labute approximate surface area is 129 Å². The number of hydrogen-bond acceptors (Lipinski definition) is 3. The fourth-order valence-corrected chi connectivity index (χ4v) is 4.23. The van der Waals surface area contributed by atoms with Crippen LogP contribution in [0, 0.1) is 12.7 Å². The molecule has 2 atom stereocenters. The Hall–Kier alpha value is -1.73. The maximum absolute atomic E-state index is 13.2. The Bertz CT molecular complexity index is 801. The van der Waals surface area contributed by atoms with Crippen LogP contribution >= 0.6 is 0 Å². The average Bonchev–Trinajstić information content (AvgIpc) is 3.22. The van der Waals surface area contributed by atoms with Crippen LogP contribution in [0.4, 0.5) is 4.39 Å². The molecule has 5 nitrogen and oxygen atoms in total. The third-order valence-corrected chi connectivity index (χ3v) is 6.07. The van der Waals surface area contributed by atoms with Crippen LogP contribution in [0.1, 0.15) is 29.2 Å².